The fraction of sp³-hybridized carbons (Fsp3) is 0.294. The van der Waals surface area contributed by atoms with Gasteiger partial charge in [-0.2, -0.15) is 10.6 Å². The number of hydrogen-bond donors (Lipinski definition) is 3. The fourth-order valence-corrected chi connectivity index (χ4v) is 4.56. The van der Waals surface area contributed by atoms with Crippen molar-refractivity contribution in [3.05, 3.63) is 53.0 Å². The van der Waals surface area contributed by atoms with Crippen LogP contribution in [0.15, 0.2) is 24.3 Å². The van der Waals surface area contributed by atoms with Crippen LogP contribution in [-0.4, -0.2) is 36.7 Å². The Morgan fingerprint density at radius 1 is 1.04 bits per heavy atom. The number of benzene rings is 1. The van der Waals surface area contributed by atoms with Crippen LogP contribution in [-0.2, 0) is 0 Å². The molecule has 9 heteroatoms. The SMILES string of the molecule is O=C(O)c1ccc(F)c(-c2c(F)cc(C3CCS(O)(O)CC3)cc2F)n1. The molecule has 0 unspecified atom stereocenters. The normalized spacial score (nSPS) is 18.5. The first kappa shape index (κ1) is 18.7. The molecule has 1 aliphatic heterocycles. The number of nitrogens with zero attached hydrogens (tertiary/aromatic N) is 1. The van der Waals surface area contributed by atoms with E-state index in [0.717, 1.165) is 24.3 Å². The predicted octanol–water partition coefficient (Wildman–Crippen LogP) is 4.49. The molecule has 1 fully saturated rings. The third-order valence-electron chi connectivity index (χ3n) is 4.42. The number of rotatable bonds is 3. The zero-order valence-electron chi connectivity index (χ0n) is 13.5. The lowest BCUT2D eigenvalue weighted by Crippen LogP contribution is -2.19. The minimum Gasteiger partial charge on any atom is -0.477 e. The molecule has 140 valence electrons. The average molecular weight is 387 g/mol. The van der Waals surface area contributed by atoms with Crippen molar-refractivity contribution in [3.8, 4) is 11.3 Å². The standard InChI is InChI=1S/C17H16F3NO4S/c18-11-1-2-14(17(22)23)21-16(11)15-12(19)7-10(8-13(15)20)9-3-5-26(24,25)6-4-9/h1-2,7-9,24-25H,3-6H2,(H,22,23). The van der Waals surface area contributed by atoms with Gasteiger partial charge in [-0.15, -0.1) is 0 Å². The molecule has 5 nitrogen and oxygen atoms in total. The van der Waals surface area contributed by atoms with Crippen molar-refractivity contribution in [1.82, 2.24) is 4.98 Å². The fourth-order valence-electron chi connectivity index (χ4n) is 3.03. The van der Waals surface area contributed by atoms with Crippen molar-refractivity contribution in [1.29, 1.82) is 0 Å². The Kier molecular flexibility index (Phi) is 4.96. The van der Waals surface area contributed by atoms with Crippen LogP contribution < -0.4 is 0 Å². The number of aromatic carboxylic acids is 1. The molecular weight excluding hydrogens is 371 g/mol. The third-order valence-corrected chi connectivity index (χ3v) is 6.20. The van der Waals surface area contributed by atoms with Crippen molar-refractivity contribution in [2.24, 2.45) is 0 Å². The number of aromatic nitrogens is 1. The minimum atomic E-state index is -2.62. The van der Waals surface area contributed by atoms with Gasteiger partial charge in [0.1, 0.15) is 28.8 Å². The highest BCUT2D eigenvalue weighted by Gasteiger charge is 2.27. The summed E-state index contributed by atoms with van der Waals surface area (Å²) in [4.78, 5) is 14.5. The van der Waals surface area contributed by atoms with Crippen molar-refractivity contribution < 1.29 is 32.2 Å². The maximum atomic E-state index is 14.5. The quantitative estimate of drug-likeness (QED) is 0.722. The zero-order valence-corrected chi connectivity index (χ0v) is 14.3. The molecule has 0 spiro atoms. The summed E-state index contributed by atoms with van der Waals surface area (Å²) in [6, 6.07) is 3.83. The average Bonchev–Trinajstić information content (AvgIpc) is 2.55. The molecule has 3 rings (SSSR count). The summed E-state index contributed by atoms with van der Waals surface area (Å²) >= 11 is 0. The number of pyridine rings is 1. The molecule has 1 saturated heterocycles. The lowest BCUT2D eigenvalue weighted by molar-refractivity contribution is 0.0690. The number of carboxylic acids is 1. The molecule has 0 bridgehead atoms. The second-order valence-electron chi connectivity index (χ2n) is 6.18. The molecule has 1 aromatic carbocycles. The summed E-state index contributed by atoms with van der Waals surface area (Å²) in [5.41, 5.74) is -1.62. The van der Waals surface area contributed by atoms with Crippen molar-refractivity contribution in [3.63, 3.8) is 0 Å². The van der Waals surface area contributed by atoms with E-state index in [0.29, 0.717) is 18.4 Å². The van der Waals surface area contributed by atoms with Gasteiger partial charge in [0, 0.05) is 11.5 Å². The highest BCUT2D eigenvalue weighted by atomic mass is 32.3. The summed E-state index contributed by atoms with van der Waals surface area (Å²) in [6.45, 7) is 0. The maximum Gasteiger partial charge on any atom is 0.354 e. The van der Waals surface area contributed by atoms with Crippen LogP contribution in [0.1, 0.15) is 34.8 Å². The molecule has 3 N–H and O–H groups in total. The molecule has 0 saturated carbocycles. The second-order valence-corrected chi connectivity index (χ2v) is 8.60. The summed E-state index contributed by atoms with van der Waals surface area (Å²) in [5, 5.41) is 8.93. The lowest BCUT2D eigenvalue weighted by atomic mass is 9.92. The van der Waals surface area contributed by atoms with Crippen LogP contribution in [0.5, 0.6) is 0 Å². The maximum absolute atomic E-state index is 14.5. The van der Waals surface area contributed by atoms with Gasteiger partial charge in [-0.05, 0) is 48.6 Å². The first-order chi connectivity index (χ1) is 12.2. The van der Waals surface area contributed by atoms with Gasteiger partial charge in [0.25, 0.3) is 0 Å². The van der Waals surface area contributed by atoms with Gasteiger partial charge in [-0.25, -0.2) is 22.9 Å². The van der Waals surface area contributed by atoms with Crippen LogP contribution in [0.25, 0.3) is 11.3 Å². The van der Waals surface area contributed by atoms with E-state index in [9.17, 15) is 27.1 Å². The summed E-state index contributed by atoms with van der Waals surface area (Å²) in [6.07, 6.45) is 0.753. The third kappa shape index (κ3) is 3.69. The molecule has 0 aliphatic carbocycles. The summed E-state index contributed by atoms with van der Waals surface area (Å²) in [7, 11) is -2.62. The minimum absolute atomic E-state index is 0.166. The molecule has 1 aliphatic rings. The molecule has 0 atom stereocenters. The molecule has 1 aromatic heterocycles. The van der Waals surface area contributed by atoms with Crippen LogP contribution in [0.3, 0.4) is 0 Å². The lowest BCUT2D eigenvalue weighted by Gasteiger charge is -2.39. The van der Waals surface area contributed by atoms with Crippen LogP contribution in [0.2, 0.25) is 0 Å². The molecule has 26 heavy (non-hydrogen) atoms. The van der Waals surface area contributed by atoms with Gasteiger partial charge in [-0.1, -0.05) is 0 Å². The summed E-state index contributed by atoms with van der Waals surface area (Å²) < 4.78 is 62.3. The monoisotopic (exact) mass is 387 g/mol. The van der Waals surface area contributed by atoms with Gasteiger partial charge in [0.2, 0.25) is 0 Å². The second kappa shape index (κ2) is 6.90. The van der Waals surface area contributed by atoms with Gasteiger partial charge < -0.3 is 5.11 Å². The van der Waals surface area contributed by atoms with E-state index in [1.54, 1.807) is 0 Å². The smallest absolute Gasteiger partial charge is 0.354 e. The Morgan fingerprint density at radius 3 is 2.15 bits per heavy atom. The Labute approximate surface area is 148 Å². The first-order valence-corrected chi connectivity index (χ1v) is 9.69. The predicted molar refractivity (Wildman–Crippen MR) is 91.1 cm³/mol. The van der Waals surface area contributed by atoms with E-state index in [1.165, 1.54) is 0 Å². The highest BCUT2D eigenvalue weighted by Crippen LogP contribution is 2.48. The van der Waals surface area contributed by atoms with E-state index in [2.05, 4.69) is 4.98 Å². The Bertz CT molecular complexity index is 842. The molecule has 0 amide bonds. The van der Waals surface area contributed by atoms with E-state index < -0.39 is 51.0 Å². The Balaban J connectivity index is 1.99. The number of hydrogen-bond acceptors (Lipinski definition) is 4. The topological polar surface area (TPSA) is 90.7 Å². The van der Waals surface area contributed by atoms with Gasteiger partial charge >= 0.3 is 5.97 Å². The highest BCUT2D eigenvalue weighted by molar-refractivity contribution is 8.24. The number of carbonyl (C=O) groups is 1. The van der Waals surface area contributed by atoms with E-state index >= 15 is 0 Å². The Hall–Kier alpha value is -2.10. The van der Waals surface area contributed by atoms with Gasteiger partial charge in [0.15, 0.2) is 0 Å². The molecule has 2 heterocycles. The van der Waals surface area contributed by atoms with E-state index in [-0.39, 0.29) is 17.4 Å². The van der Waals surface area contributed by atoms with Crippen LogP contribution >= 0.6 is 10.6 Å². The Morgan fingerprint density at radius 2 is 1.62 bits per heavy atom. The molecule has 0 radical (unpaired) electrons. The van der Waals surface area contributed by atoms with Crippen molar-refractivity contribution in [2.45, 2.75) is 18.8 Å². The molecule has 2 aromatic rings. The van der Waals surface area contributed by atoms with E-state index in [1.807, 2.05) is 0 Å². The molecular formula is C17H16F3NO4S. The number of halogens is 3. The van der Waals surface area contributed by atoms with Gasteiger partial charge in [-0.3, -0.25) is 9.11 Å². The number of carboxylic acid groups (broad SMARTS) is 1. The largest absolute Gasteiger partial charge is 0.477 e. The zero-order chi connectivity index (χ0) is 19.1. The first-order valence-electron chi connectivity index (χ1n) is 7.80. The van der Waals surface area contributed by atoms with Crippen molar-refractivity contribution >= 4 is 16.6 Å². The van der Waals surface area contributed by atoms with Gasteiger partial charge in [0.05, 0.1) is 5.56 Å². The van der Waals surface area contributed by atoms with Crippen molar-refractivity contribution in [2.75, 3.05) is 11.5 Å². The summed E-state index contributed by atoms with van der Waals surface area (Å²) in [5.74, 6) is -4.48. The van der Waals surface area contributed by atoms with E-state index in [4.69, 9.17) is 5.11 Å². The van der Waals surface area contributed by atoms with Crippen LogP contribution in [0.4, 0.5) is 13.2 Å². The van der Waals surface area contributed by atoms with Crippen LogP contribution in [0, 0.1) is 17.5 Å².